The maximum absolute atomic E-state index is 13.1. The van der Waals surface area contributed by atoms with Gasteiger partial charge in [0.15, 0.2) is 0 Å². The summed E-state index contributed by atoms with van der Waals surface area (Å²) in [5.74, 6) is 1.24. The number of ether oxygens (including phenoxy) is 1. The first kappa shape index (κ1) is 26.6. The topological polar surface area (TPSA) is 104 Å². The van der Waals surface area contributed by atoms with E-state index in [0.29, 0.717) is 36.1 Å². The van der Waals surface area contributed by atoms with Gasteiger partial charge in [0.05, 0.1) is 18.0 Å². The van der Waals surface area contributed by atoms with Crippen molar-refractivity contribution in [2.75, 3.05) is 38.5 Å². The highest BCUT2D eigenvalue weighted by atomic mass is 16.5. The molecule has 3 heterocycles. The van der Waals surface area contributed by atoms with E-state index in [9.17, 15) is 9.90 Å². The van der Waals surface area contributed by atoms with Crippen molar-refractivity contribution < 1.29 is 14.6 Å². The first-order valence-electron chi connectivity index (χ1n) is 13.7. The lowest BCUT2D eigenvalue weighted by molar-refractivity contribution is -0.128. The second-order valence-electron chi connectivity index (χ2n) is 10.3. The van der Waals surface area contributed by atoms with E-state index in [1.54, 1.807) is 24.5 Å². The highest BCUT2D eigenvalue weighted by molar-refractivity contribution is 6.00. The number of hydrogen-bond donors (Lipinski definition) is 2. The molecule has 1 fully saturated rings. The van der Waals surface area contributed by atoms with Gasteiger partial charge in [-0.3, -0.25) is 9.78 Å². The van der Waals surface area contributed by atoms with Crippen molar-refractivity contribution >= 4 is 23.6 Å². The first-order chi connectivity index (χ1) is 20.1. The van der Waals surface area contributed by atoms with Crippen molar-refractivity contribution in [2.24, 2.45) is 0 Å². The minimum atomic E-state index is -0.0335. The number of likely N-dealkylation sites (N-methyl/N-ethyl adjacent to an activating group) is 1. The summed E-state index contributed by atoms with van der Waals surface area (Å²) in [5, 5.41) is 12.9. The standard InChI is InChI=1S/C32H32N6O3/c1-37-12-14-38(15-13-37)31(40)26-16-22-6-7-27(18-25(22)17-26)35-32-34-11-9-29(36-32)30-19-28(8-10-33-30)41-21-24-5-3-2-4-23(24)20-39/h2-11,17-19,39H,12-16,20-21H2,1H3,(H,34,35,36). The van der Waals surface area contributed by atoms with E-state index in [4.69, 9.17) is 4.74 Å². The van der Waals surface area contributed by atoms with Crippen LogP contribution >= 0.6 is 0 Å². The Morgan fingerprint density at radius 2 is 1.76 bits per heavy atom. The van der Waals surface area contributed by atoms with Gasteiger partial charge in [-0.2, -0.15) is 0 Å². The molecule has 6 rings (SSSR count). The maximum atomic E-state index is 13.1. The predicted molar refractivity (Wildman–Crippen MR) is 157 cm³/mol. The Bertz CT molecular complexity index is 1600. The number of pyridine rings is 1. The summed E-state index contributed by atoms with van der Waals surface area (Å²) < 4.78 is 5.99. The van der Waals surface area contributed by atoms with Crippen LogP contribution in [0.5, 0.6) is 5.75 Å². The molecule has 4 aromatic rings. The number of rotatable bonds is 8. The third-order valence-electron chi connectivity index (χ3n) is 7.51. The first-order valence-corrected chi connectivity index (χ1v) is 13.7. The van der Waals surface area contributed by atoms with Gasteiger partial charge >= 0.3 is 0 Å². The third kappa shape index (κ3) is 6.11. The fourth-order valence-corrected chi connectivity index (χ4v) is 5.11. The number of piperazine rings is 1. The molecule has 2 N–H and O–H groups in total. The van der Waals surface area contributed by atoms with Crippen LogP contribution in [-0.2, 0) is 24.4 Å². The van der Waals surface area contributed by atoms with Crippen LogP contribution in [0, 0.1) is 0 Å². The Kier molecular flexibility index (Phi) is 7.71. The number of benzene rings is 2. The molecule has 0 atom stereocenters. The maximum Gasteiger partial charge on any atom is 0.250 e. The van der Waals surface area contributed by atoms with Crippen molar-refractivity contribution in [2.45, 2.75) is 19.6 Å². The molecule has 9 heteroatoms. The van der Waals surface area contributed by atoms with Crippen molar-refractivity contribution in [1.82, 2.24) is 24.8 Å². The van der Waals surface area contributed by atoms with Crippen LogP contribution in [0.1, 0.15) is 22.3 Å². The van der Waals surface area contributed by atoms with E-state index in [0.717, 1.165) is 59.7 Å². The quantitative estimate of drug-likeness (QED) is 0.340. The molecular formula is C32H32N6O3. The van der Waals surface area contributed by atoms with E-state index in [1.807, 2.05) is 53.4 Å². The van der Waals surface area contributed by atoms with E-state index in [2.05, 4.69) is 38.3 Å². The normalized spacial score (nSPS) is 14.9. The smallest absolute Gasteiger partial charge is 0.250 e. The van der Waals surface area contributed by atoms with Crippen LogP contribution in [0.3, 0.4) is 0 Å². The minimum Gasteiger partial charge on any atom is -0.489 e. The van der Waals surface area contributed by atoms with E-state index in [-0.39, 0.29) is 12.5 Å². The number of aliphatic hydroxyl groups excluding tert-OH is 1. The Balaban J connectivity index is 1.13. The van der Waals surface area contributed by atoms with Gasteiger partial charge in [0, 0.05) is 62.3 Å². The zero-order chi connectivity index (χ0) is 28.2. The molecule has 0 bridgehead atoms. The van der Waals surface area contributed by atoms with Gasteiger partial charge in [-0.15, -0.1) is 0 Å². The fraction of sp³-hybridized carbons (Fsp3) is 0.250. The Morgan fingerprint density at radius 3 is 2.59 bits per heavy atom. The van der Waals surface area contributed by atoms with Crippen LogP contribution < -0.4 is 10.1 Å². The van der Waals surface area contributed by atoms with Gasteiger partial charge in [-0.05, 0) is 59.6 Å². The van der Waals surface area contributed by atoms with Gasteiger partial charge in [-0.25, -0.2) is 9.97 Å². The zero-order valence-electron chi connectivity index (χ0n) is 23.0. The van der Waals surface area contributed by atoms with Gasteiger partial charge < -0.3 is 25.0 Å². The van der Waals surface area contributed by atoms with Gasteiger partial charge in [0.25, 0.3) is 0 Å². The van der Waals surface area contributed by atoms with Crippen LogP contribution in [0.4, 0.5) is 11.6 Å². The summed E-state index contributed by atoms with van der Waals surface area (Å²) in [6.45, 7) is 3.66. The monoisotopic (exact) mass is 548 g/mol. The molecule has 9 nitrogen and oxygen atoms in total. The van der Waals surface area contributed by atoms with Gasteiger partial charge in [-0.1, -0.05) is 30.3 Å². The molecule has 0 radical (unpaired) electrons. The average molecular weight is 549 g/mol. The van der Waals surface area contributed by atoms with Gasteiger partial charge in [0.2, 0.25) is 11.9 Å². The highest BCUT2D eigenvalue weighted by Gasteiger charge is 2.25. The molecule has 2 aliphatic rings. The molecule has 41 heavy (non-hydrogen) atoms. The molecule has 1 aliphatic heterocycles. The van der Waals surface area contributed by atoms with Crippen molar-refractivity contribution in [3.63, 3.8) is 0 Å². The number of aromatic nitrogens is 3. The SMILES string of the molecule is CN1CCN(C(=O)C2=Cc3cc(Nc4nccc(-c5cc(OCc6ccccc6CO)ccn5)n4)ccc3C2)CC1. The molecule has 208 valence electrons. The Morgan fingerprint density at radius 1 is 0.951 bits per heavy atom. The number of amides is 1. The molecule has 2 aromatic carbocycles. The summed E-state index contributed by atoms with van der Waals surface area (Å²) in [5.41, 5.74) is 6.96. The summed E-state index contributed by atoms with van der Waals surface area (Å²) >= 11 is 0. The molecule has 1 aliphatic carbocycles. The molecule has 0 unspecified atom stereocenters. The number of nitrogens with zero attached hydrogens (tertiary/aromatic N) is 5. The van der Waals surface area contributed by atoms with Crippen LogP contribution in [0.25, 0.3) is 17.5 Å². The summed E-state index contributed by atoms with van der Waals surface area (Å²) in [6.07, 6.45) is 6.04. The number of fused-ring (bicyclic) bond motifs is 1. The third-order valence-corrected chi connectivity index (χ3v) is 7.51. The van der Waals surface area contributed by atoms with E-state index in [1.165, 1.54) is 0 Å². The number of nitrogens with one attached hydrogen (secondary N) is 1. The highest BCUT2D eigenvalue weighted by Crippen LogP contribution is 2.30. The molecule has 0 saturated carbocycles. The van der Waals surface area contributed by atoms with Gasteiger partial charge in [0.1, 0.15) is 12.4 Å². The van der Waals surface area contributed by atoms with Crippen LogP contribution in [0.2, 0.25) is 0 Å². The van der Waals surface area contributed by atoms with Crippen LogP contribution in [-0.4, -0.2) is 69.0 Å². The number of anilines is 2. The van der Waals surface area contributed by atoms with E-state index >= 15 is 0 Å². The zero-order valence-corrected chi connectivity index (χ0v) is 23.0. The number of hydrogen-bond acceptors (Lipinski definition) is 8. The summed E-state index contributed by atoms with van der Waals surface area (Å²) in [7, 11) is 2.09. The molecule has 1 saturated heterocycles. The minimum absolute atomic E-state index is 0.0335. The largest absolute Gasteiger partial charge is 0.489 e. The fourth-order valence-electron chi connectivity index (χ4n) is 5.11. The molecule has 2 aromatic heterocycles. The number of aliphatic hydroxyl groups is 1. The second kappa shape index (κ2) is 11.9. The molecule has 1 amide bonds. The van der Waals surface area contributed by atoms with Crippen molar-refractivity contribution in [3.05, 3.63) is 101 Å². The second-order valence-corrected chi connectivity index (χ2v) is 10.3. The Labute approximate surface area is 239 Å². The van der Waals surface area contributed by atoms with Crippen LogP contribution in [0.15, 0.2) is 78.6 Å². The molecule has 0 spiro atoms. The lowest BCUT2D eigenvalue weighted by Crippen LogP contribution is -2.47. The lowest BCUT2D eigenvalue weighted by atomic mass is 10.1. The van der Waals surface area contributed by atoms with Crippen molar-refractivity contribution in [1.29, 1.82) is 0 Å². The van der Waals surface area contributed by atoms with Crippen molar-refractivity contribution in [3.8, 4) is 17.1 Å². The average Bonchev–Trinajstić information content (AvgIpc) is 3.44. The molecular weight excluding hydrogens is 516 g/mol. The number of carbonyl (C=O) groups is 1. The number of carbonyl (C=O) groups excluding carboxylic acids is 1. The van der Waals surface area contributed by atoms with E-state index < -0.39 is 0 Å². The lowest BCUT2D eigenvalue weighted by Gasteiger charge is -2.32. The summed E-state index contributed by atoms with van der Waals surface area (Å²) in [6, 6.07) is 19.2. The summed E-state index contributed by atoms with van der Waals surface area (Å²) in [4.78, 5) is 30.8. The Hall–Kier alpha value is -4.60. The predicted octanol–water partition coefficient (Wildman–Crippen LogP) is 4.07.